The Bertz CT molecular complexity index is 1120. The van der Waals surface area contributed by atoms with Crippen molar-refractivity contribution in [1.29, 1.82) is 0 Å². The molecule has 1 aromatic heterocycles. The highest BCUT2D eigenvalue weighted by Gasteiger charge is 2.41. The van der Waals surface area contributed by atoms with Gasteiger partial charge in [-0.05, 0) is 49.4 Å². The fourth-order valence-electron chi connectivity index (χ4n) is 5.34. The molecule has 5 rings (SSSR count). The van der Waals surface area contributed by atoms with Gasteiger partial charge in [-0.2, -0.15) is 5.10 Å². The topological polar surface area (TPSA) is 38.1 Å². The average molecular weight is 404 g/mol. The number of hydrogen-bond acceptors (Lipinski definition) is 3. The number of aromatic nitrogens is 2. The molecule has 3 aromatic rings. The summed E-state index contributed by atoms with van der Waals surface area (Å²) in [6, 6.07) is 15.3. The maximum atomic E-state index is 13.3. The highest BCUT2D eigenvalue weighted by molar-refractivity contribution is 5.83. The van der Waals surface area contributed by atoms with E-state index in [0.717, 1.165) is 36.0 Å². The zero-order chi connectivity index (χ0) is 20.7. The first-order valence-corrected chi connectivity index (χ1v) is 10.8. The summed E-state index contributed by atoms with van der Waals surface area (Å²) in [6.07, 6.45) is 6.81. The highest BCUT2D eigenvalue weighted by atomic mass is 19.1. The van der Waals surface area contributed by atoms with Crippen LogP contribution in [0.25, 0.3) is 10.8 Å². The van der Waals surface area contributed by atoms with Gasteiger partial charge in [-0.1, -0.05) is 36.4 Å². The quantitative estimate of drug-likeness (QED) is 0.590. The molecule has 0 amide bonds. The number of fused-ring (bicyclic) bond motifs is 3. The SMILES string of the molecule is C=CCN1C2CCC1CC(n1nc(Cc3ccc(F)cc3)c3ccccc3c1=O)C2. The van der Waals surface area contributed by atoms with E-state index in [0.29, 0.717) is 23.9 Å². The van der Waals surface area contributed by atoms with Gasteiger partial charge >= 0.3 is 0 Å². The van der Waals surface area contributed by atoms with E-state index in [2.05, 4.69) is 11.5 Å². The minimum atomic E-state index is -0.247. The monoisotopic (exact) mass is 403 g/mol. The fourth-order valence-corrected chi connectivity index (χ4v) is 5.34. The van der Waals surface area contributed by atoms with Crippen molar-refractivity contribution in [1.82, 2.24) is 14.7 Å². The molecule has 0 aliphatic carbocycles. The summed E-state index contributed by atoms with van der Waals surface area (Å²) in [5.41, 5.74) is 1.85. The number of nitrogens with zero attached hydrogens (tertiary/aromatic N) is 3. The number of halogens is 1. The van der Waals surface area contributed by atoms with Crippen LogP contribution in [0.15, 0.2) is 66.0 Å². The molecule has 0 radical (unpaired) electrons. The molecule has 2 saturated heterocycles. The van der Waals surface area contributed by atoms with E-state index in [4.69, 9.17) is 5.10 Å². The minimum Gasteiger partial charge on any atom is -0.294 e. The van der Waals surface area contributed by atoms with Crippen molar-refractivity contribution >= 4 is 10.8 Å². The van der Waals surface area contributed by atoms with E-state index in [1.165, 1.54) is 25.0 Å². The van der Waals surface area contributed by atoms with Crippen LogP contribution in [0.2, 0.25) is 0 Å². The molecule has 0 spiro atoms. The van der Waals surface area contributed by atoms with Crippen molar-refractivity contribution in [2.45, 2.75) is 50.2 Å². The first-order valence-electron chi connectivity index (χ1n) is 10.8. The van der Waals surface area contributed by atoms with Crippen LogP contribution in [-0.2, 0) is 6.42 Å². The van der Waals surface area contributed by atoms with Gasteiger partial charge in [0.15, 0.2) is 0 Å². The minimum absolute atomic E-state index is 0.00460. The van der Waals surface area contributed by atoms with Crippen molar-refractivity contribution in [2.24, 2.45) is 0 Å². The summed E-state index contributed by atoms with van der Waals surface area (Å²) in [5.74, 6) is -0.247. The maximum Gasteiger partial charge on any atom is 0.274 e. The molecule has 2 atom stereocenters. The zero-order valence-corrected chi connectivity index (χ0v) is 17.0. The van der Waals surface area contributed by atoms with Crippen molar-refractivity contribution in [3.05, 3.63) is 88.6 Å². The lowest BCUT2D eigenvalue weighted by molar-refractivity contribution is 0.113. The molecule has 2 aromatic carbocycles. The van der Waals surface area contributed by atoms with E-state index in [-0.39, 0.29) is 17.4 Å². The molecular weight excluding hydrogens is 377 g/mol. The van der Waals surface area contributed by atoms with E-state index in [1.807, 2.05) is 30.3 Å². The van der Waals surface area contributed by atoms with Crippen LogP contribution in [0.1, 0.15) is 43.0 Å². The first kappa shape index (κ1) is 19.2. The maximum absolute atomic E-state index is 13.3. The van der Waals surface area contributed by atoms with Crippen molar-refractivity contribution in [2.75, 3.05) is 6.54 Å². The van der Waals surface area contributed by atoms with Crippen molar-refractivity contribution in [3.63, 3.8) is 0 Å². The average Bonchev–Trinajstić information content (AvgIpc) is 2.99. The van der Waals surface area contributed by atoms with Gasteiger partial charge in [0.1, 0.15) is 5.82 Å². The molecule has 5 heteroatoms. The van der Waals surface area contributed by atoms with Crippen LogP contribution < -0.4 is 5.56 Å². The summed E-state index contributed by atoms with van der Waals surface area (Å²) in [6.45, 7) is 4.82. The molecule has 2 unspecified atom stereocenters. The summed E-state index contributed by atoms with van der Waals surface area (Å²) in [7, 11) is 0. The van der Waals surface area contributed by atoms with Gasteiger partial charge < -0.3 is 0 Å². The van der Waals surface area contributed by atoms with Crippen LogP contribution in [0.3, 0.4) is 0 Å². The van der Waals surface area contributed by atoms with Crippen LogP contribution >= 0.6 is 0 Å². The van der Waals surface area contributed by atoms with Crippen LogP contribution in [0, 0.1) is 5.82 Å². The Morgan fingerprint density at radius 2 is 1.67 bits per heavy atom. The van der Waals surface area contributed by atoms with Gasteiger partial charge in [0.05, 0.1) is 17.1 Å². The predicted octanol–water partition coefficient (Wildman–Crippen LogP) is 4.48. The third-order valence-corrected chi connectivity index (χ3v) is 6.73. The lowest BCUT2D eigenvalue weighted by Gasteiger charge is -2.38. The van der Waals surface area contributed by atoms with Crippen LogP contribution in [-0.4, -0.2) is 33.3 Å². The van der Waals surface area contributed by atoms with Gasteiger partial charge in [-0.25, -0.2) is 9.07 Å². The van der Waals surface area contributed by atoms with E-state index >= 15 is 0 Å². The van der Waals surface area contributed by atoms with Crippen molar-refractivity contribution in [3.8, 4) is 0 Å². The van der Waals surface area contributed by atoms with Crippen molar-refractivity contribution < 1.29 is 4.39 Å². The summed E-state index contributed by atoms with van der Waals surface area (Å²) < 4.78 is 15.1. The number of benzene rings is 2. The Hall–Kier alpha value is -2.79. The Morgan fingerprint density at radius 3 is 2.33 bits per heavy atom. The molecule has 4 nitrogen and oxygen atoms in total. The molecule has 2 aliphatic heterocycles. The Kier molecular flexibility index (Phi) is 4.99. The van der Waals surface area contributed by atoms with E-state index in [1.54, 1.807) is 16.8 Å². The second kappa shape index (κ2) is 7.80. The van der Waals surface area contributed by atoms with Gasteiger partial charge in [0.25, 0.3) is 5.56 Å². The molecule has 30 heavy (non-hydrogen) atoms. The standard InChI is InChI=1S/C25H26FN3O/c1-2-13-28-19-11-12-20(28)16-21(15-19)29-25(30)23-6-4-3-5-22(23)24(27-29)14-17-7-9-18(26)10-8-17/h2-10,19-21H,1,11-16H2. The Balaban J connectivity index is 1.54. The van der Waals surface area contributed by atoms with E-state index < -0.39 is 0 Å². The lowest BCUT2D eigenvalue weighted by Crippen LogP contribution is -2.45. The molecule has 2 aliphatic rings. The molecule has 3 heterocycles. The summed E-state index contributed by atoms with van der Waals surface area (Å²) in [5, 5.41) is 6.48. The number of rotatable bonds is 5. The summed E-state index contributed by atoms with van der Waals surface area (Å²) >= 11 is 0. The van der Waals surface area contributed by atoms with Crippen LogP contribution in [0.4, 0.5) is 4.39 Å². The Morgan fingerprint density at radius 1 is 1.00 bits per heavy atom. The summed E-state index contributed by atoms with van der Waals surface area (Å²) in [4.78, 5) is 15.9. The first-order chi connectivity index (χ1) is 14.6. The largest absolute Gasteiger partial charge is 0.294 e. The third kappa shape index (κ3) is 3.37. The second-order valence-corrected chi connectivity index (χ2v) is 8.54. The fraction of sp³-hybridized carbons (Fsp3) is 0.360. The predicted molar refractivity (Wildman–Crippen MR) is 117 cm³/mol. The van der Waals surface area contributed by atoms with E-state index in [9.17, 15) is 9.18 Å². The van der Waals surface area contributed by atoms with Crippen LogP contribution in [0.5, 0.6) is 0 Å². The molecular formula is C25H26FN3O. The van der Waals surface area contributed by atoms with Gasteiger partial charge in [0.2, 0.25) is 0 Å². The smallest absolute Gasteiger partial charge is 0.274 e. The zero-order valence-electron chi connectivity index (χ0n) is 17.0. The second-order valence-electron chi connectivity index (χ2n) is 8.54. The number of hydrogen-bond donors (Lipinski definition) is 0. The lowest BCUT2D eigenvalue weighted by atomic mass is 9.97. The molecule has 2 fully saturated rings. The molecule has 0 saturated carbocycles. The molecule has 0 N–H and O–H groups in total. The number of piperidine rings is 1. The molecule has 2 bridgehead atoms. The Labute approximate surface area is 175 Å². The van der Waals surface area contributed by atoms with Gasteiger partial charge in [0, 0.05) is 30.4 Å². The highest BCUT2D eigenvalue weighted by Crippen LogP contribution is 2.40. The molecule has 154 valence electrons. The van der Waals surface area contributed by atoms with Gasteiger partial charge in [-0.15, -0.1) is 6.58 Å². The normalized spacial score (nSPS) is 23.7. The van der Waals surface area contributed by atoms with Gasteiger partial charge in [-0.3, -0.25) is 9.69 Å². The third-order valence-electron chi connectivity index (χ3n) is 6.73.